The number of alkyl carbamates (subject to hydrolysis) is 1. The first-order chi connectivity index (χ1) is 14.7. The van der Waals surface area contributed by atoms with Crippen LogP contribution in [0.2, 0.25) is 0 Å². The van der Waals surface area contributed by atoms with Crippen LogP contribution in [-0.2, 0) is 4.74 Å². The predicted octanol–water partition coefficient (Wildman–Crippen LogP) is 1.23. The molecule has 2 aromatic rings. The minimum absolute atomic E-state index is 0.0941. The molecule has 8 nitrogen and oxygen atoms in total. The van der Waals surface area contributed by atoms with Crippen molar-refractivity contribution in [3.63, 3.8) is 0 Å². The Kier molecular flexibility index (Phi) is 6.13. The topological polar surface area (TPSA) is 73.7 Å². The number of hydrogen-bond donors (Lipinski definition) is 2. The number of piperazine rings is 1. The van der Waals surface area contributed by atoms with Crippen molar-refractivity contribution in [1.29, 1.82) is 0 Å². The number of methoxy groups -OCH3 is 2. The molecule has 1 fully saturated rings. The molecule has 1 atom stereocenters. The number of fused-ring (bicyclic) bond motifs is 1. The van der Waals surface area contributed by atoms with Crippen molar-refractivity contribution in [3.05, 3.63) is 48.0 Å². The molecular weight excluding hydrogens is 386 g/mol. The lowest BCUT2D eigenvalue weighted by molar-refractivity contribution is -0.931. The van der Waals surface area contributed by atoms with Gasteiger partial charge in [-0.3, -0.25) is 0 Å². The number of hydrogen-bond acceptors (Lipinski definition) is 6. The number of nitrogens with one attached hydrogen (secondary N) is 2. The molecule has 2 aromatic carbocycles. The average Bonchev–Trinajstić information content (AvgIpc) is 3.27. The van der Waals surface area contributed by atoms with Crippen LogP contribution in [0.1, 0.15) is 11.6 Å². The molecular formula is C22H28N3O5+. The number of carbonyl (C=O) groups excluding carboxylic acids is 1. The van der Waals surface area contributed by atoms with Gasteiger partial charge >= 0.3 is 6.09 Å². The average molecular weight is 414 g/mol. The molecule has 0 unspecified atom stereocenters. The summed E-state index contributed by atoms with van der Waals surface area (Å²) in [5.74, 6) is 2.38. The van der Waals surface area contributed by atoms with Gasteiger partial charge in [0.15, 0.2) is 11.5 Å². The van der Waals surface area contributed by atoms with E-state index in [-0.39, 0.29) is 12.8 Å². The largest absolute Gasteiger partial charge is 0.497 e. The zero-order chi connectivity index (χ0) is 20.9. The smallest absolute Gasteiger partial charge is 0.407 e. The Morgan fingerprint density at radius 3 is 2.53 bits per heavy atom. The molecule has 0 saturated carbocycles. The summed E-state index contributed by atoms with van der Waals surface area (Å²) < 4.78 is 21.0. The highest BCUT2D eigenvalue weighted by Crippen LogP contribution is 2.33. The highest BCUT2D eigenvalue weighted by atomic mass is 16.7. The zero-order valence-corrected chi connectivity index (χ0v) is 17.3. The van der Waals surface area contributed by atoms with Gasteiger partial charge in [0.25, 0.3) is 0 Å². The second-order valence-corrected chi connectivity index (χ2v) is 7.38. The zero-order valence-electron chi connectivity index (χ0n) is 17.3. The lowest BCUT2D eigenvalue weighted by atomic mass is 10.0. The second kappa shape index (κ2) is 9.13. The molecule has 30 heavy (non-hydrogen) atoms. The quantitative estimate of drug-likeness (QED) is 0.741. The van der Waals surface area contributed by atoms with Gasteiger partial charge in [-0.25, -0.2) is 4.79 Å². The van der Waals surface area contributed by atoms with Crippen LogP contribution in [0.15, 0.2) is 42.5 Å². The summed E-state index contributed by atoms with van der Waals surface area (Å²) in [4.78, 5) is 15.5. The Morgan fingerprint density at radius 2 is 1.83 bits per heavy atom. The molecule has 2 aliphatic rings. The van der Waals surface area contributed by atoms with Crippen LogP contribution in [0.25, 0.3) is 0 Å². The monoisotopic (exact) mass is 414 g/mol. The maximum Gasteiger partial charge on any atom is 0.407 e. The normalized spacial score (nSPS) is 16.8. The summed E-state index contributed by atoms with van der Waals surface area (Å²) >= 11 is 0. The Labute approximate surface area is 176 Å². The van der Waals surface area contributed by atoms with E-state index >= 15 is 0 Å². The van der Waals surface area contributed by atoms with Crippen molar-refractivity contribution in [3.8, 4) is 17.2 Å². The van der Waals surface area contributed by atoms with E-state index < -0.39 is 6.09 Å². The van der Waals surface area contributed by atoms with Crippen LogP contribution in [0.4, 0.5) is 10.5 Å². The summed E-state index contributed by atoms with van der Waals surface area (Å²) in [5.41, 5.74) is 2.31. The van der Waals surface area contributed by atoms with Crippen LogP contribution in [0.3, 0.4) is 0 Å². The summed E-state index contributed by atoms with van der Waals surface area (Å²) in [7, 11) is 3.06. The van der Waals surface area contributed by atoms with Crippen LogP contribution in [0.5, 0.6) is 17.2 Å². The Balaban J connectivity index is 1.46. The number of ether oxygens (including phenoxy) is 4. The van der Waals surface area contributed by atoms with E-state index in [1.807, 2.05) is 24.3 Å². The van der Waals surface area contributed by atoms with Crippen molar-refractivity contribution in [2.75, 3.05) is 58.6 Å². The van der Waals surface area contributed by atoms with Gasteiger partial charge in [-0.1, -0.05) is 0 Å². The summed E-state index contributed by atoms with van der Waals surface area (Å²) in [6, 6.07) is 14.3. The van der Waals surface area contributed by atoms with Crippen molar-refractivity contribution in [1.82, 2.24) is 5.32 Å². The van der Waals surface area contributed by atoms with Crippen molar-refractivity contribution in [2.45, 2.75) is 6.04 Å². The summed E-state index contributed by atoms with van der Waals surface area (Å²) in [6.07, 6.45) is -0.419. The fourth-order valence-corrected chi connectivity index (χ4v) is 4.08. The maximum absolute atomic E-state index is 11.7. The highest BCUT2D eigenvalue weighted by molar-refractivity contribution is 5.66. The van der Waals surface area contributed by atoms with E-state index in [1.165, 1.54) is 17.7 Å². The van der Waals surface area contributed by atoms with E-state index in [4.69, 9.17) is 18.9 Å². The highest BCUT2D eigenvalue weighted by Gasteiger charge is 2.30. The van der Waals surface area contributed by atoms with Crippen LogP contribution < -0.4 is 29.3 Å². The van der Waals surface area contributed by atoms with Crippen LogP contribution in [0, 0.1) is 0 Å². The fourth-order valence-electron chi connectivity index (χ4n) is 4.08. The first-order valence-electron chi connectivity index (χ1n) is 10.1. The molecule has 2 aliphatic heterocycles. The predicted molar refractivity (Wildman–Crippen MR) is 112 cm³/mol. The lowest BCUT2D eigenvalue weighted by Crippen LogP contribution is -3.15. The molecule has 0 bridgehead atoms. The molecule has 2 heterocycles. The standard InChI is InChI=1S/C22H27N3O5/c1-27-18-6-4-17(5-7-18)24-9-11-25(12-10-24)19(14-23-22(26)28-2)16-3-8-20-21(13-16)30-15-29-20/h3-8,13,19H,9-12,14-15H2,1-2H3,(H,23,26)/p+1/t19-/m1/s1. The summed E-state index contributed by atoms with van der Waals surface area (Å²) in [6.45, 7) is 4.51. The minimum atomic E-state index is -0.419. The van der Waals surface area contributed by atoms with Gasteiger partial charge < -0.3 is 34.1 Å². The van der Waals surface area contributed by atoms with E-state index in [0.717, 1.165) is 49.0 Å². The molecule has 160 valence electrons. The number of nitrogens with zero attached hydrogens (tertiary/aromatic N) is 1. The fraction of sp³-hybridized carbons (Fsp3) is 0.409. The first-order valence-corrected chi connectivity index (χ1v) is 10.1. The van der Waals surface area contributed by atoms with Crippen molar-refractivity contribution >= 4 is 11.8 Å². The first kappa shape index (κ1) is 20.2. The molecule has 1 saturated heterocycles. The van der Waals surface area contributed by atoms with E-state index in [9.17, 15) is 4.79 Å². The molecule has 8 heteroatoms. The summed E-state index contributed by atoms with van der Waals surface area (Å²) in [5, 5.41) is 2.87. The van der Waals surface area contributed by atoms with Gasteiger partial charge in [0.05, 0.1) is 46.9 Å². The maximum atomic E-state index is 11.7. The number of quaternary nitrogens is 1. The Hall–Kier alpha value is -3.13. The second-order valence-electron chi connectivity index (χ2n) is 7.38. The number of rotatable bonds is 6. The third-order valence-corrected chi connectivity index (χ3v) is 5.77. The third kappa shape index (κ3) is 4.38. The number of carbonyl (C=O) groups is 1. The molecule has 0 aliphatic carbocycles. The van der Waals surface area contributed by atoms with Gasteiger partial charge in [-0.2, -0.15) is 0 Å². The molecule has 0 spiro atoms. The SMILES string of the molecule is COC(=O)NC[C@H](c1ccc2c(c1)OCO2)[NH+]1CCN(c2ccc(OC)cc2)CC1. The van der Waals surface area contributed by atoms with Crippen molar-refractivity contribution < 1.29 is 28.6 Å². The van der Waals surface area contributed by atoms with Gasteiger partial charge in [0.1, 0.15) is 11.8 Å². The van der Waals surface area contributed by atoms with E-state index in [2.05, 4.69) is 28.4 Å². The van der Waals surface area contributed by atoms with E-state index in [1.54, 1.807) is 7.11 Å². The van der Waals surface area contributed by atoms with Crippen LogP contribution >= 0.6 is 0 Å². The number of anilines is 1. The number of amides is 1. The van der Waals surface area contributed by atoms with Gasteiger partial charge in [-0.15, -0.1) is 0 Å². The van der Waals surface area contributed by atoms with E-state index in [0.29, 0.717) is 6.54 Å². The Bertz CT molecular complexity index is 866. The molecule has 1 amide bonds. The number of benzene rings is 2. The Morgan fingerprint density at radius 1 is 1.10 bits per heavy atom. The van der Waals surface area contributed by atoms with Gasteiger partial charge in [-0.05, 0) is 42.5 Å². The lowest BCUT2D eigenvalue weighted by Gasteiger charge is -2.37. The van der Waals surface area contributed by atoms with Gasteiger partial charge in [0.2, 0.25) is 6.79 Å². The molecule has 0 aromatic heterocycles. The minimum Gasteiger partial charge on any atom is -0.497 e. The molecule has 4 rings (SSSR count). The molecule has 0 radical (unpaired) electrons. The van der Waals surface area contributed by atoms with Gasteiger partial charge in [0, 0.05) is 11.3 Å². The van der Waals surface area contributed by atoms with Crippen molar-refractivity contribution in [2.24, 2.45) is 0 Å². The third-order valence-electron chi connectivity index (χ3n) is 5.77. The van der Waals surface area contributed by atoms with Crippen LogP contribution in [-0.4, -0.2) is 59.8 Å². The molecule has 2 N–H and O–H groups in total.